The Morgan fingerprint density at radius 2 is 1.66 bits per heavy atom. The molecule has 1 heterocycles. The third-order valence-corrected chi connectivity index (χ3v) is 8.61. The van der Waals surface area contributed by atoms with Gasteiger partial charge in [-0.15, -0.1) is 0 Å². The fraction of sp³-hybridized carbons (Fsp3) is 0.297. The van der Waals surface area contributed by atoms with E-state index < -0.39 is 10.8 Å². The molecular formula is C37H41NO5S. The van der Waals surface area contributed by atoms with Crippen LogP contribution in [0.5, 0.6) is 11.5 Å². The van der Waals surface area contributed by atoms with Crippen molar-refractivity contribution >= 4 is 22.7 Å². The summed E-state index contributed by atoms with van der Waals surface area (Å²) in [7, 11) is 0.433. The molecule has 0 N–H and O–H groups in total. The minimum Gasteiger partial charge on any atom is -0.496 e. The highest BCUT2D eigenvalue weighted by Crippen LogP contribution is 2.29. The van der Waals surface area contributed by atoms with Crippen LogP contribution in [-0.2, 0) is 38.9 Å². The standard InChI is InChI=1S/C37H41NO5S/c1-4-6-21-42-22-23-43-35-14-10-30(11-15-35)31-12-18-37(41-3)32(25-31)9-13-34(39)24-28-7-16-36(17-8-28)44(40)27-33-26-38-20-19-29(33)5-2/h7-20,25-26H,4-6,21-24,27H2,1-3H3/b13-9+. The average molecular weight is 612 g/mol. The Bertz CT molecular complexity index is 1550. The van der Waals surface area contributed by atoms with Crippen molar-refractivity contribution in [1.29, 1.82) is 0 Å². The number of hydrogen-bond donors (Lipinski definition) is 0. The molecule has 44 heavy (non-hydrogen) atoms. The van der Waals surface area contributed by atoms with Gasteiger partial charge in [0, 0.05) is 35.9 Å². The van der Waals surface area contributed by atoms with E-state index in [0.29, 0.717) is 24.7 Å². The molecule has 1 unspecified atom stereocenters. The van der Waals surface area contributed by atoms with Gasteiger partial charge in [-0.1, -0.05) is 50.6 Å². The van der Waals surface area contributed by atoms with Gasteiger partial charge in [0.25, 0.3) is 0 Å². The van der Waals surface area contributed by atoms with Crippen LogP contribution >= 0.6 is 0 Å². The number of nitrogens with zero attached hydrogens (tertiary/aromatic N) is 1. The zero-order valence-electron chi connectivity index (χ0n) is 25.8. The summed E-state index contributed by atoms with van der Waals surface area (Å²) in [5.41, 5.74) is 5.89. The molecule has 1 aromatic heterocycles. The highest BCUT2D eigenvalue weighted by Gasteiger charge is 2.10. The normalized spacial score (nSPS) is 11.9. The highest BCUT2D eigenvalue weighted by molar-refractivity contribution is 7.84. The van der Waals surface area contributed by atoms with Gasteiger partial charge in [-0.2, -0.15) is 0 Å². The summed E-state index contributed by atoms with van der Waals surface area (Å²) >= 11 is 0. The zero-order chi connectivity index (χ0) is 31.1. The second-order valence-corrected chi connectivity index (χ2v) is 11.9. The van der Waals surface area contributed by atoms with E-state index in [0.717, 1.165) is 69.9 Å². The number of ketones is 1. The molecule has 3 aromatic carbocycles. The van der Waals surface area contributed by atoms with Crippen molar-refractivity contribution in [2.24, 2.45) is 0 Å². The number of pyridine rings is 1. The first kappa shape index (κ1) is 32.8. The van der Waals surface area contributed by atoms with Gasteiger partial charge in [0.1, 0.15) is 18.1 Å². The van der Waals surface area contributed by atoms with Gasteiger partial charge in [-0.05, 0) is 95.3 Å². The van der Waals surface area contributed by atoms with E-state index >= 15 is 0 Å². The molecule has 1 atom stereocenters. The number of unbranched alkanes of at least 4 members (excludes halogenated alkanes) is 1. The molecule has 0 saturated heterocycles. The maximum Gasteiger partial charge on any atom is 0.160 e. The summed E-state index contributed by atoms with van der Waals surface area (Å²) < 4.78 is 29.8. The Morgan fingerprint density at radius 3 is 2.39 bits per heavy atom. The van der Waals surface area contributed by atoms with Crippen LogP contribution in [0.4, 0.5) is 0 Å². The van der Waals surface area contributed by atoms with Gasteiger partial charge in [-0.3, -0.25) is 14.0 Å². The van der Waals surface area contributed by atoms with E-state index in [9.17, 15) is 9.00 Å². The summed E-state index contributed by atoms with van der Waals surface area (Å²) in [4.78, 5) is 17.8. The number of allylic oxidation sites excluding steroid dienone is 1. The fourth-order valence-electron chi connectivity index (χ4n) is 4.71. The van der Waals surface area contributed by atoms with Crippen molar-refractivity contribution in [1.82, 2.24) is 4.98 Å². The lowest BCUT2D eigenvalue weighted by atomic mass is 10.0. The van der Waals surface area contributed by atoms with Crippen LogP contribution in [0.1, 0.15) is 48.9 Å². The van der Waals surface area contributed by atoms with E-state index in [2.05, 4.69) is 18.8 Å². The topological polar surface area (TPSA) is 74.7 Å². The second kappa shape index (κ2) is 17.3. The highest BCUT2D eigenvalue weighted by atomic mass is 32.2. The minimum atomic E-state index is -1.19. The predicted molar refractivity (Wildman–Crippen MR) is 178 cm³/mol. The lowest BCUT2D eigenvalue weighted by Crippen LogP contribution is -2.07. The van der Waals surface area contributed by atoms with E-state index in [4.69, 9.17) is 14.2 Å². The molecule has 0 aliphatic carbocycles. The molecule has 0 spiro atoms. The Labute approximate surface area is 263 Å². The van der Waals surface area contributed by atoms with Crippen molar-refractivity contribution in [2.45, 2.75) is 50.2 Å². The van der Waals surface area contributed by atoms with E-state index in [1.165, 1.54) is 0 Å². The molecule has 0 aliphatic rings. The molecular weight excluding hydrogens is 570 g/mol. The van der Waals surface area contributed by atoms with Crippen LogP contribution in [0, 0.1) is 0 Å². The molecule has 0 radical (unpaired) electrons. The summed E-state index contributed by atoms with van der Waals surface area (Å²) in [5, 5.41) is 0. The largest absolute Gasteiger partial charge is 0.496 e. The Balaban J connectivity index is 1.34. The third-order valence-electron chi connectivity index (χ3n) is 7.24. The smallest absolute Gasteiger partial charge is 0.160 e. The summed E-state index contributed by atoms with van der Waals surface area (Å²) in [5.74, 6) is 1.87. The molecule has 0 saturated carbocycles. The molecule has 4 aromatic rings. The lowest BCUT2D eigenvalue weighted by molar-refractivity contribution is -0.113. The zero-order valence-corrected chi connectivity index (χ0v) is 26.6. The first-order chi connectivity index (χ1) is 21.5. The molecule has 230 valence electrons. The number of carbonyl (C=O) groups excluding carboxylic acids is 1. The maximum atomic E-state index is 12.9. The van der Waals surface area contributed by atoms with Gasteiger partial charge in [0.2, 0.25) is 0 Å². The number of aromatic nitrogens is 1. The van der Waals surface area contributed by atoms with Crippen LogP contribution in [0.25, 0.3) is 17.2 Å². The van der Waals surface area contributed by atoms with Gasteiger partial charge >= 0.3 is 0 Å². The Morgan fingerprint density at radius 1 is 0.886 bits per heavy atom. The number of ether oxygens (including phenoxy) is 3. The van der Waals surface area contributed by atoms with Gasteiger partial charge in [0.05, 0.1) is 30.3 Å². The van der Waals surface area contributed by atoms with E-state index in [1.807, 2.05) is 72.8 Å². The summed E-state index contributed by atoms with van der Waals surface area (Å²) in [6, 6.07) is 23.3. The van der Waals surface area contributed by atoms with Crippen LogP contribution in [0.2, 0.25) is 0 Å². The van der Waals surface area contributed by atoms with Crippen molar-refractivity contribution in [3.05, 3.63) is 114 Å². The average Bonchev–Trinajstić information content (AvgIpc) is 3.06. The first-order valence-corrected chi connectivity index (χ1v) is 16.4. The molecule has 6 nitrogen and oxygen atoms in total. The van der Waals surface area contributed by atoms with E-state index in [1.54, 1.807) is 31.7 Å². The fourth-order valence-corrected chi connectivity index (χ4v) is 5.86. The van der Waals surface area contributed by atoms with Crippen LogP contribution in [-0.4, -0.2) is 41.9 Å². The number of rotatable bonds is 17. The third kappa shape index (κ3) is 9.73. The SMILES string of the molecule is CCCCOCCOc1ccc(-c2ccc(OC)c(/C=C/C(=O)Cc3ccc(S(=O)Cc4cnccc4CC)cc3)c2)cc1. The van der Waals surface area contributed by atoms with Crippen LogP contribution < -0.4 is 9.47 Å². The van der Waals surface area contributed by atoms with Gasteiger partial charge < -0.3 is 14.2 Å². The molecule has 4 rings (SSSR count). The molecule has 0 bridgehead atoms. The number of aryl methyl sites for hydroxylation is 1. The Kier molecular flexibility index (Phi) is 12.9. The number of benzene rings is 3. The van der Waals surface area contributed by atoms with Crippen LogP contribution in [0.3, 0.4) is 0 Å². The van der Waals surface area contributed by atoms with E-state index in [-0.39, 0.29) is 12.2 Å². The van der Waals surface area contributed by atoms with Gasteiger partial charge in [-0.25, -0.2) is 0 Å². The molecule has 0 aliphatic heterocycles. The maximum absolute atomic E-state index is 12.9. The van der Waals surface area contributed by atoms with Crippen molar-refractivity contribution in [2.75, 3.05) is 26.9 Å². The van der Waals surface area contributed by atoms with Crippen molar-refractivity contribution < 1.29 is 23.2 Å². The number of methoxy groups -OCH3 is 1. The summed E-state index contributed by atoms with van der Waals surface area (Å²) in [6.45, 7) is 6.09. The first-order valence-electron chi connectivity index (χ1n) is 15.1. The van der Waals surface area contributed by atoms with Crippen molar-refractivity contribution in [3.8, 4) is 22.6 Å². The Hall–Kier alpha value is -4.07. The molecule has 7 heteroatoms. The minimum absolute atomic E-state index is 0.0329. The second-order valence-electron chi connectivity index (χ2n) is 10.4. The summed E-state index contributed by atoms with van der Waals surface area (Å²) in [6.07, 6.45) is 10.2. The molecule has 0 fully saturated rings. The van der Waals surface area contributed by atoms with Crippen molar-refractivity contribution in [3.63, 3.8) is 0 Å². The van der Waals surface area contributed by atoms with Crippen LogP contribution in [0.15, 0.2) is 96.2 Å². The number of carbonyl (C=O) groups is 1. The molecule has 0 amide bonds. The predicted octanol–water partition coefficient (Wildman–Crippen LogP) is 7.65. The number of hydrogen-bond acceptors (Lipinski definition) is 6. The monoisotopic (exact) mass is 611 g/mol. The lowest BCUT2D eigenvalue weighted by Gasteiger charge is -2.10. The quantitative estimate of drug-likeness (QED) is 0.0902. The van der Waals surface area contributed by atoms with Gasteiger partial charge in [0.15, 0.2) is 5.78 Å².